The fourth-order valence-electron chi connectivity index (χ4n) is 2.04. The SMILES string of the molecule is CCOc1ccc(-c2nc3ccc(C(=O)O)cc3[nH]2)nc1. The summed E-state index contributed by atoms with van der Waals surface area (Å²) in [4.78, 5) is 22.7. The first-order valence-electron chi connectivity index (χ1n) is 6.49. The predicted molar refractivity (Wildman–Crippen MR) is 77.5 cm³/mol. The van der Waals surface area contributed by atoms with Gasteiger partial charge in [-0.25, -0.2) is 14.8 Å². The molecule has 6 heteroatoms. The summed E-state index contributed by atoms with van der Waals surface area (Å²) in [6, 6.07) is 8.39. The van der Waals surface area contributed by atoms with Crippen molar-refractivity contribution in [3.05, 3.63) is 42.1 Å². The number of aromatic amines is 1. The van der Waals surface area contributed by atoms with Crippen LogP contribution in [0.15, 0.2) is 36.5 Å². The molecule has 0 aliphatic heterocycles. The lowest BCUT2D eigenvalue weighted by Crippen LogP contribution is -1.94. The van der Waals surface area contributed by atoms with E-state index in [0.29, 0.717) is 34.9 Å². The molecule has 0 atom stereocenters. The number of carboxylic acid groups (broad SMARTS) is 1. The highest BCUT2D eigenvalue weighted by Gasteiger charge is 2.09. The molecule has 2 aromatic heterocycles. The van der Waals surface area contributed by atoms with E-state index in [1.165, 1.54) is 6.07 Å². The summed E-state index contributed by atoms with van der Waals surface area (Å²) < 4.78 is 5.34. The monoisotopic (exact) mass is 283 g/mol. The highest BCUT2D eigenvalue weighted by Crippen LogP contribution is 2.21. The van der Waals surface area contributed by atoms with Gasteiger partial charge in [-0.2, -0.15) is 0 Å². The van der Waals surface area contributed by atoms with Crippen molar-refractivity contribution in [3.8, 4) is 17.3 Å². The van der Waals surface area contributed by atoms with Crippen LogP contribution in [0.5, 0.6) is 5.75 Å². The van der Waals surface area contributed by atoms with Crippen molar-refractivity contribution in [2.45, 2.75) is 6.92 Å². The summed E-state index contributed by atoms with van der Waals surface area (Å²) in [7, 11) is 0. The van der Waals surface area contributed by atoms with Crippen LogP contribution in [0.25, 0.3) is 22.6 Å². The summed E-state index contributed by atoms with van der Waals surface area (Å²) >= 11 is 0. The van der Waals surface area contributed by atoms with E-state index in [-0.39, 0.29) is 5.56 Å². The van der Waals surface area contributed by atoms with Gasteiger partial charge in [-0.05, 0) is 37.3 Å². The molecule has 2 N–H and O–H groups in total. The van der Waals surface area contributed by atoms with E-state index in [4.69, 9.17) is 9.84 Å². The highest BCUT2D eigenvalue weighted by atomic mass is 16.5. The third-order valence-electron chi connectivity index (χ3n) is 3.02. The van der Waals surface area contributed by atoms with Crippen LogP contribution in [0, 0.1) is 0 Å². The molecule has 0 unspecified atom stereocenters. The Labute approximate surface area is 120 Å². The summed E-state index contributed by atoms with van der Waals surface area (Å²) in [5.41, 5.74) is 2.26. The van der Waals surface area contributed by atoms with E-state index in [0.717, 1.165) is 0 Å². The maximum absolute atomic E-state index is 11.0. The van der Waals surface area contributed by atoms with Crippen molar-refractivity contribution in [1.29, 1.82) is 0 Å². The van der Waals surface area contributed by atoms with Gasteiger partial charge in [-0.15, -0.1) is 0 Å². The number of pyridine rings is 1. The van der Waals surface area contributed by atoms with Crippen molar-refractivity contribution in [2.24, 2.45) is 0 Å². The normalized spacial score (nSPS) is 10.7. The Hall–Kier alpha value is -2.89. The zero-order valence-corrected chi connectivity index (χ0v) is 11.3. The number of imidazole rings is 1. The van der Waals surface area contributed by atoms with Crippen LogP contribution in [0.1, 0.15) is 17.3 Å². The highest BCUT2D eigenvalue weighted by molar-refractivity contribution is 5.92. The molecule has 0 aliphatic rings. The van der Waals surface area contributed by atoms with Gasteiger partial charge in [-0.3, -0.25) is 0 Å². The van der Waals surface area contributed by atoms with E-state index in [2.05, 4.69) is 15.0 Å². The van der Waals surface area contributed by atoms with Crippen molar-refractivity contribution >= 4 is 17.0 Å². The van der Waals surface area contributed by atoms with Gasteiger partial charge in [0.15, 0.2) is 5.82 Å². The Bertz CT molecular complexity index is 794. The molecule has 0 spiro atoms. The molecule has 0 saturated heterocycles. The third kappa shape index (κ3) is 2.55. The Kier molecular flexibility index (Phi) is 3.27. The largest absolute Gasteiger partial charge is 0.492 e. The summed E-state index contributed by atoms with van der Waals surface area (Å²) in [6.45, 7) is 2.50. The fraction of sp³-hybridized carbons (Fsp3) is 0.133. The molecule has 21 heavy (non-hydrogen) atoms. The van der Waals surface area contributed by atoms with Gasteiger partial charge in [-0.1, -0.05) is 0 Å². The number of hydrogen-bond acceptors (Lipinski definition) is 4. The van der Waals surface area contributed by atoms with E-state index >= 15 is 0 Å². The van der Waals surface area contributed by atoms with Crippen molar-refractivity contribution in [3.63, 3.8) is 0 Å². The number of aromatic carboxylic acids is 1. The molecular formula is C15H13N3O3. The lowest BCUT2D eigenvalue weighted by Gasteiger charge is -2.02. The molecule has 2 heterocycles. The summed E-state index contributed by atoms with van der Waals surface area (Å²) in [6.07, 6.45) is 1.63. The van der Waals surface area contributed by atoms with Gasteiger partial charge in [0.25, 0.3) is 0 Å². The van der Waals surface area contributed by atoms with Gasteiger partial charge < -0.3 is 14.8 Å². The van der Waals surface area contributed by atoms with Crippen LogP contribution in [0.2, 0.25) is 0 Å². The standard InChI is InChI=1S/C15H13N3O3/c1-2-21-10-4-6-12(16-8-10)14-17-11-5-3-9(15(19)20)7-13(11)18-14/h3-8H,2H2,1H3,(H,17,18)(H,19,20). The van der Waals surface area contributed by atoms with Gasteiger partial charge in [0.1, 0.15) is 11.4 Å². The molecule has 0 radical (unpaired) electrons. The third-order valence-corrected chi connectivity index (χ3v) is 3.02. The van der Waals surface area contributed by atoms with Crippen LogP contribution in [-0.2, 0) is 0 Å². The molecule has 0 bridgehead atoms. The summed E-state index contributed by atoms with van der Waals surface area (Å²) in [5, 5.41) is 8.99. The van der Waals surface area contributed by atoms with Crippen LogP contribution in [0.4, 0.5) is 0 Å². The second kappa shape index (κ2) is 5.24. The fourth-order valence-corrected chi connectivity index (χ4v) is 2.04. The number of rotatable bonds is 4. The number of carboxylic acids is 1. The number of ether oxygens (including phenoxy) is 1. The first-order chi connectivity index (χ1) is 10.2. The Morgan fingerprint density at radius 1 is 1.33 bits per heavy atom. The van der Waals surface area contributed by atoms with Crippen LogP contribution >= 0.6 is 0 Å². The number of H-pyrrole nitrogens is 1. The van der Waals surface area contributed by atoms with Gasteiger partial charge >= 0.3 is 5.97 Å². The predicted octanol–water partition coefficient (Wildman–Crippen LogP) is 2.72. The summed E-state index contributed by atoms with van der Waals surface area (Å²) in [5.74, 6) is 0.327. The molecule has 0 amide bonds. The number of hydrogen-bond donors (Lipinski definition) is 2. The quantitative estimate of drug-likeness (QED) is 0.768. The molecule has 0 saturated carbocycles. The topological polar surface area (TPSA) is 88.1 Å². The second-order valence-electron chi connectivity index (χ2n) is 4.43. The Morgan fingerprint density at radius 3 is 2.86 bits per heavy atom. The first kappa shape index (κ1) is 13.1. The number of carbonyl (C=O) groups is 1. The minimum Gasteiger partial charge on any atom is -0.492 e. The molecule has 106 valence electrons. The average molecular weight is 283 g/mol. The molecule has 3 aromatic rings. The average Bonchev–Trinajstić information content (AvgIpc) is 2.91. The number of benzene rings is 1. The van der Waals surface area contributed by atoms with Crippen molar-refractivity contribution < 1.29 is 14.6 Å². The van der Waals surface area contributed by atoms with Crippen LogP contribution < -0.4 is 4.74 Å². The zero-order valence-electron chi connectivity index (χ0n) is 11.3. The Morgan fingerprint density at radius 2 is 2.19 bits per heavy atom. The van der Waals surface area contributed by atoms with Crippen LogP contribution in [-0.4, -0.2) is 32.6 Å². The van der Waals surface area contributed by atoms with Gasteiger partial charge in [0.2, 0.25) is 0 Å². The minimum atomic E-state index is -0.966. The maximum Gasteiger partial charge on any atom is 0.335 e. The molecule has 3 rings (SSSR count). The zero-order chi connectivity index (χ0) is 14.8. The lowest BCUT2D eigenvalue weighted by molar-refractivity contribution is 0.0697. The first-order valence-corrected chi connectivity index (χ1v) is 6.49. The maximum atomic E-state index is 11.0. The second-order valence-corrected chi connectivity index (χ2v) is 4.43. The minimum absolute atomic E-state index is 0.220. The van der Waals surface area contributed by atoms with E-state index in [9.17, 15) is 4.79 Å². The van der Waals surface area contributed by atoms with Crippen molar-refractivity contribution in [2.75, 3.05) is 6.61 Å². The molecule has 1 aromatic carbocycles. The van der Waals surface area contributed by atoms with Crippen molar-refractivity contribution in [1.82, 2.24) is 15.0 Å². The van der Waals surface area contributed by atoms with Gasteiger partial charge in [0, 0.05) is 0 Å². The van der Waals surface area contributed by atoms with E-state index in [1.54, 1.807) is 24.4 Å². The number of nitrogens with one attached hydrogen (secondary N) is 1. The molecule has 0 aliphatic carbocycles. The van der Waals surface area contributed by atoms with E-state index in [1.807, 2.05) is 13.0 Å². The number of fused-ring (bicyclic) bond motifs is 1. The Balaban J connectivity index is 1.98. The van der Waals surface area contributed by atoms with Gasteiger partial charge in [0.05, 0.1) is 29.4 Å². The molecule has 0 fully saturated rings. The molecular weight excluding hydrogens is 270 g/mol. The number of aromatic nitrogens is 3. The number of nitrogens with zero attached hydrogens (tertiary/aromatic N) is 2. The van der Waals surface area contributed by atoms with E-state index < -0.39 is 5.97 Å². The lowest BCUT2D eigenvalue weighted by atomic mass is 10.2. The smallest absolute Gasteiger partial charge is 0.335 e. The molecule has 6 nitrogen and oxygen atoms in total. The van der Waals surface area contributed by atoms with Crippen LogP contribution in [0.3, 0.4) is 0 Å².